The van der Waals surface area contributed by atoms with Crippen LogP contribution < -0.4 is 19.5 Å². The Bertz CT molecular complexity index is 1260. The molecule has 1 aliphatic rings. The molecule has 8 nitrogen and oxygen atoms in total. The number of hydrogen-bond donors (Lipinski definition) is 1. The maximum atomic E-state index is 6.19. The number of nitrogens with one attached hydrogen (secondary N) is 1. The summed E-state index contributed by atoms with van der Waals surface area (Å²) < 4.78 is 17.7. The van der Waals surface area contributed by atoms with Crippen LogP contribution in [0.25, 0.3) is 10.9 Å². The molecule has 0 atom stereocenters. The molecular formula is C27H29N5O3. The summed E-state index contributed by atoms with van der Waals surface area (Å²) >= 11 is 0. The molecule has 2 aromatic carbocycles. The minimum Gasteiger partial charge on any atom is -0.493 e. The third-order valence-corrected chi connectivity index (χ3v) is 6.22. The molecule has 1 saturated heterocycles. The number of benzene rings is 2. The molecule has 1 fully saturated rings. The lowest BCUT2D eigenvalue weighted by molar-refractivity contribution is 0.157. The van der Waals surface area contributed by atoms with Crippen LogP contribution in [-0.2, 0) is 0 Å². The number of piperidine rings is 1. The fourth-order valence-corrected chi connectivity index (χ4v) is 4.16. The van der Waals surface area contributed by atoms with Crippen molar-refractivity contribution < 1.29 is 14.2 Å². The van der Waals surface area contributed by atoms with E-state index in [4.69, 9.17) is 14.2 Å². The maximum Gasteiger partial charge on any atom is 0.163 e. The number of nitrogens with zero attached hydrogens (tertiary/aromatic N) is 4. The van der Waals surface area contributed by atoms with Crippen LogP contribution in [0.3, 0.4) is 0 Å². The molecular weight excluding hydrogens is 442 g/mol. The van der Waals surface area contributed by atoms with Crippen molar-refractivity contribution in [2.75, 3.05) is 39.2 Å². The van der Waals surface area contributed by atoms with Gasteiger partial charge in [-0.2, -0.15) is 0 Å². The predicted molar refractivity (Wildman–Crippen MR) is 136 cm³/mol. The molecule has 35 heavy (non-hydrogen) atoms. The summed E-state index contributed by atoms with van der Waals surface area (Å²) in [7, 11) is 3.82. The smallest absolute Gasteiger partial charge is 0.163 e. The van der Waals surface area contributed by atoms with E-state index in [-0.39, 0.29) is 0 Å². The highest BCUT2D eigenvalue weighted by Gasteiger charge is 2.19. The average Bonchev–Trinajstić information content (AvgIpc) is 2.90. The van der Waals surface area contributed by atoms with E-state index in [2.05, 4.69) is 32.2 Å². The van der Waals surface area contributed by atoms with Gasteiger partial charge in [0.1, 0.15) is 23.6 Å². The molecule has 2 aromatic heterocycles. The number of fused-ring (bicyclic) bond motifs is 1. The Morgan fingerprint density at radius 1 is 1.00 bits per heavy atom. The number of rotatable bonds is 8. The standard InChI is InChI=1S/C27H29N5O3/c1-32-12-9-19(10-13-32)17-34-26-15-24-23(14-25(26)33-2)27(30-18-29-24)31-20-5-7-21(8-6-20)35-22-4-3-11-28-16-22/h3-8,11,14-16,18-19H,9-10,12-13,17H2,1-2H3,(H,29,30,31). The number of hydrogen-bond acceptors (Lipinski definition) is 8. The van der Waals surface area contributed by atoms with E-state index >= 15 is 0 Å². The van der Waals surface area contributed by atoms with Crippen LogP contribution in [0.2, 0.25) is 0 Å². The van der Waals surface area contributed by atoms with Gasteiger partial charge in [-0.1, -0.05) is 0 Å². The van der Waals surface area contributed by atoms with Crippen LogP contribution >= 0.6 is 0 Å². The summed E-state index contributed by atoms with van der Waals surface area (Å²) in [4.78, 5) is 15.4. The second-order valence-electron chi connectivity index (χ2n) is 8.74. The molecule has 180 valence electrons. The number of ether oxygens (including phenoxy) is 3. The van der Waals surface area contributed by atoms with Crippen LogP contribution in [0.1, 0.15) is 12.8 Å². The molecule has 4 aromatic rings. The van der Waals surface area contributed by atoms with Gasteiger partial charge in [0.25, 0.3) is 0 Å². The first-order valence-corrected chi connectivity index (χ1v) is 11.8. The van der Waals surface area contributed by atoms with Crippen LogP contribution in [-0.4, -0.2) is 53.7 Å². The van der Waals surface area contributed by atoms with Crippen molar-refractivity contribution in [2.45, 2.75) is 12.8 Å². The SMILES string of the molecule is COc1cc2c(Nc3ccc(Oc4cccnc4)cc3)ncnc2cc1OCC1CCN(C)CC1. The number of aromatic nitrogens is 3. The van der Waals surface area contributed by atoms with Gasteiger partial charge in [-0.3, -0.25) is 4.98 Å². The Balaban J connectivity index is 1.31. The lowest BCUT2D eigenvalue weighted by atomic mass is 9.98. The Morgan fingerprint density at radius 2 is 1.83 bits per heavy atom. The summed E-state index contributed by atoms with van der Waals surface area (Å²) in [6.45, 7) is 2.91. The second kappa shape index (κ2) is 10.6. The monoisotopic (exact) mass is 471 g/mol. The molecule has 1 aliphatic heterocycles. The predicted octanol–water partition coefficient (Wildman–Crippen LogP) is 5.29. The van der Waals surface area contributed by atoms with Crippen LogP contribution in [0, 0.1) is 5.92 Å². The van der Waals surface area contributed by atoms with Crippen molar-refractivity contribution in [3.8, 4) is 23.0 Å². The van der Waals surface area contributed by atoms with Gasteiger partial charge in [0.2, 0.25) is 0 Å². The quantitative estimate of drug-likeness (QED) is 0.371. The van der Waals surface area contributed by atoms with Crippen molar-refractivity contribution in [1.29, 1.82) is 0 Å². The van der Waals surface area contributed by atoms with Gasteiger partial charge in [-0.05, 0) is 81.4 Å². The Hall–Kier alpha value is -3.91. The highest BCUT2D eigenvalue weighted by atomic mass is 16.5. The van der Waals surface area contributed by atoms with Crippen LogP contribution in [0.5, 0.6) is 23.0 Å². The molecule has 0 spiro atoms. The first kappa shape index (κ1) is 22.9. The van der Waals surface area contributed by atoms with Crippen molar-refractivity contribution in [3.05, 3.63) is 67.3 Å². The van der Waals surface area contributed by atoms with E-state index in [0.29, 0.717) is 35.6 Å². The number of likely N-dealkylation sites (tertiary alicyclic amines) is 1. The van der Waals surface area contributed by atoms with Gasteiger partial charge in [-0.15, -0.1) is 0 Å². The van der Waals surface area contributed by atoms with Crippen LogP contribution in [0.15, 0.2) is 67.3 Å². The Kier molecular flexibility index (Phi) is 6.90. The van der Waals surface area contributed by atoms with E-state index < -0.39 is 0 Å². The fourth-order valence-electron chi connectivity index (χ4n) is 4.16. The van der Waals surface area contributed by atoms with E-state index in [9.17, 15) is 0 Å². The normalized spacial score (nSPS) is 14.6. The fraction of sp³-hybridized carbons (Fsp3) is 0.296. The summed E-state index contributed by atoms with van der Waals surface area (Å²) in [5.41, 5.74) is 1.67. The molecule has 0 aliphatic carbocycles. The van der Waals surface area contributed by atoms with E-state index in [0.717, 1.165) is 48.3 Å². The number of methoxy groups -OCH3 is 1. The molecule has 0 radical (unpaired) electrons. The Labute approximate surface area is 204 Å². The van der Waals surface area contributed by atoms with Crippen molar-refractivity contribution in [1.82, 2.24) is 19.9 Å². The van der Waals surface area contributed by atoms with Crippen molar-refractivity contribution in [2.24, 2.45) is 5.92 Å². The molecule has 5 rings (SSSR count). The highest BCUT2D eigenvalue weighted by molar-refractivity contribution is 5.93. The summed E-state index contributed by atoms with van der Waals surface area (Å²) in [5.74, 6) is 4.04. The first-order chi connectivity index (χ1) is 17.2. The van der Waals surface area contributed by atoms with Gasteiger partial charge >= 0.3 is 0 Å². The zero-order valence-corrected chi connectivity index (χ0v) is 20.0. The van der Waals surface area contributed by atoms with Crippen LogP contribution in [0.4, 0.5) is 11.5 Å². The number of anilines is 2. The largest absolute Gasteiger partial charge is 0.493 e. The van der Waals surface area contributed by atoms with E-state index in [1.54, 1.807) is 25.8 Å². The number of pyridine rings is 1. The Morgan fingerprint density at radius 3 is 2.57 bits per heavy atom. The summed E-state index contributed by atoms with van der Waals surface area (Å²) in [6.07, 6.45) is 7.24. The molecule has 0 saturated carbocycles. The zero-order valence-electron chi connectivity index (χ0n) is 20.0. The molecule has 8 heteroatoms. The summed E-state index contributed by atoms with van der Waals surface area (Å²) in [6, 6.07) is 15.2. The van der Waals surface area contributed by atoms with E-state index in [1.807, 2.05) is 48.5 Å². The lowest BCUT2D eigenvalue weighted by Crippen LogP contribution is -2.32. The molecule has 1 N–H and O–H groups in total. The van der Waals surface area contributed by atoms with Crippen molar-refractivity contribution in [3.63, 3.8) is 0 Å². The molecule has 3 heterocycles. The lowest BCUT2D eigenvalue weighted by Gasteiger charge is -2.28. The third kappa shape index (κ3) is 5.60. The van der Waals surface area contributed by atoms with Gasteiger partial charge in [0, 0.05) is 23.3 Å². The van der Waals surface area contributed by atoms with Gasteiger partial charge in [0.15, 0.2) is 11.5 Å². The second-order valence-corrected chi connectivity index (χ2v) is 8.74. The highest BCUT2D eigenvalue weighted by Crippen LogP contribution is 2.35. The minimum atomic E-state index is 0.555. The molecule has 0 bridgehead atoms. The van der Waals surface area contributed by atoms with Gasteiger partial charge < -0.3 is 24.4 Å². The average molecular weight is 472 g/mol. The van der Waals surface area contributed by atoms with Crippen molar-refractivity contribution >= 4 is 22.4 Å². The van der Waals surface area contributed by atoms with E-state index in [1.165, 1.54) is 0 Å². The van der Waals surface area contributed by atoms with Gasteiger partial charge in [-0.25, -0.2) is 9.97 Å². The topological polar surface area (TPSA) is 81.6 Å². The summed E-state index contributed by atoms with van der Waals surface area (Å²) in [5, 5.41) is 4.23. The molecule has 0 amide bonds. The van der Waals surface area contributed by atoms with Gasteiger partial charge in [0.05, 0.1) is 25.4 Å². The molecule has 0 unspecified atom stereocenters. The zero-order chi connectivity index (χ0) is 24.0. The maximum absolute atomic E-state index is 6.19. The minimum absolute atomic E-state index is 0.555. The third-order valence-electron chi connectivity index (χ3n) is 6.22. The first-order valence-electron chi connectivity index (χ1n) is 11.8.